The zero-order valence-electron chi connectivity index (χ0n) is 17.5. The molecule has 0 radical (unpaired) electrons. The molecule has 3 aromatic heterocycles. The van der Waals surface area contributed by atoms with Crippen LogP contribution in [0, 0.1) is 6.92 Å². The van der Waals surface area contributed by atoms with Crippen LogP contribution in [0.2, 0.25) is 0 Å². The zero-order chi connectivity index (χ0) is 21.3. The second kappa shape index (κ2) is 7.95. The summed E-state index contributed by atoms with van der Waals surface area (Å²) in [4.78, 5) is 24.3. The van der Waals surface area contributed by atoms with Gasteiger partial charge in [-0.1, -0.05) is 24.8 Å². The molecule has 30 heavy (non-hydrogen) atoms. The first-order chi connectivity index (χ1) is 14.4. The second-order valence-electron chi connectivity index (χ2n) is 7.57. The van der Waals surface area contributed by atoms with Crippen molar-refractivity contribution >= 4 is 22.3 Å². The topological polar surface area (TPSA) is 51.0 Å². The largest absolute Gasteiger partial charge is 0.363 e. The summed E-state index contributed by atoms with van der Waals surface area (Å²) in [6, 6.07) is 17.5. The molecular weight excluding hydrogens is 372 g/mol. The lowest BCUT2D eigenvalue weighted by atomic mass is 10.00. The predicted octanol–water partition coefficient (Wildman–Crippen LogP) is 4.28. The van der Waals surface area contributed by atoms with Gasteiger partial charge in [0.25, 0.3) is 0 Å². The van der Waals surface area contributed by atoms with Crippen LogP contribution in [0.4, 0.5) is 5.82 Å². The molecular formula is C25H24N4O. The molecule has 3 heterocycles. The van der Waals surface area contributed by atoms with Crippen LogP contribution < -0.4 is 10.3 Å². The molecule has 0 fully saturated rings. The first-order valence-corrected chi connectivity index (χ1v) is 9.82. The average molecular weight is 396 g/mol. The van der Waals surface area contributed by atoms with Crippen molar-refractivity contribution in [2.45, 2.75) is 13.5 Å². The number of pyridine rings is 3. The highest BCUT2D eigenvalue weighted by molar-refractivity contribution is 5.86. The number of hydrogen-bond donors (Lipinski definition) is 0. The van der Waals surface area contributed by atoms with Crippen molar-refractivity contribution in [2.24, 2.45) is 0 Å². The van der Waals surface area contributed by atoms with Crippen LogP contribution in [0.3, 0.4) is 0 Å². The van der Waals surface area contributed by atoms with Crippen molar-refractivity contribution in [3.63, 3.8) is 0 Å². The Kier molecular flexibility index (Phi) is 5.19. The van der Waals surface area contributed by atoms with Gasteiger partial charge in [0.1, 0.15) is 5.82 Å². The second-order valence-corrected chi connectivity index (χ2v) is 7.57. The lowest BCUT2D eigenvalue weighted by molar-refractivity contribution is 0.792. The number of aryl methyl sites for hydroxylation is 1. The van der Waals surface area contributed by atoms with Gasteiger partial charge in [-0.2, -0.15) is 0 Å². The Balaban J connectivity index is 1.82. The van der Waals surface area contributed by atoms with E-state index in [0.29, 0.717) is 23.1 Å². The van der Waals surface area contributed by atoms with Gasteiger partial charge in [0.2, 0.25) is 0 Å². The molecule has 0 aliphatic rings. The van der Waals surface area contributed by atoms with E-state index in [9.17, 15) is 4.79 Å². The summed E-state index contributed by atoms with van der Waals surface area (Å²) >= 11 is 0. The van der Waals surface area contributed by atoms with Gasteiger partial charge in [-0.3, -0.25) is 9.78 Å². The number of rotatable bonds is 5. The number of aromatic nitrogens is 3. The maximum atomic E-state index is 13.3. The van der Waals surface area contributed by atoms with E-state index in [0.717, 1.165) is 28.3 Å². The van der Waals surface area contributed by atoms with Crippen LogP contribution in [0.5, 0.6) is 0 Å². The third kappa shape index (κ3) is 3.74. The maximum absolute atomic E-state index is 13.3. The molecule has 0 atom stereocenters. The lowest BCUT2D eigenvalue weighted by Gasteiger charge is -2.16. The number of para-hydroxylation sites is 1. The first kappa shape index (κ1) is 19.6. The molecule has 4 rings (SSSR count). The molecule has 1 aromatic carbocycles. The normalized spacial score (nSPS) is 10.9. The third-order valence-corrected chi connectivity index (χ3v) is 5.15. The molecule has 5 nitrogen and oxygen atoms in total. The molecule has 0 saturated carbocycles. The van der Waals surface area contributed by atoms with Gasteiger partial charge in [0, 0.05) is 48.7 Å². The van der Waals surface area contributed by atoms with Crippen LogP contribution in [-0.4, -0.2) is 28.6 Å². The van der Waals surface area contributed by atoms with Crippen LogP contribution in [0.1, 0.15) is 22.5 Å². The van der Waals surface area contributed by atoms with Crippen molar-refractivity contribution in [2.75, 3.05) is 19.0 Å². The molecule has 0 amide bonds. The van der Waals surface area contributed by atoms with E-state index in [-0.39, 0.29) is 5.43 Å². The minimum absolute atomic E-state index is 0.0271. The monoisotopic (exact) mass is 396 g/mol. The van der Waals surface area contributed by atoms with Crippen molar-refractivity contribution < 1.29 is 0 Å². The van der Waals surface area contributed by atoms with Gasteiger partial charge in [0.05, 0.1) is 17.8 Å². The Hall–Kier alpha value is -3.73. The zero-order valence-corrected chi connectivity index (χ0v) is 17.5. The molecule has 4 aromatic rings. The van der Waals surface area contributed by atoms with Gasteiger partial charge < -0.3 is 9.47 Å². The number of hydrogen-bond acceptors (Lipinski definition) is 4. The first-order valence-electron chi connectivity index (χ1n) is 9.82. The average Bonchev–Trinajstić information content (AvgIpc) is 2.75. The smallest absolute Gasteiger partial charge is 0.197 e. The van der Waals surface area contributed by atoms with Crippen LogP contribution in [0.25, 0.3) is 16.5 Å². The summed E-state index contributed by atoms with van der Waals surface area (Å²) in [5.74, 6) is 0.855. The van der Waals surface area contributed by atoms with Gasteiger partial charge in [-0.05, 0) is 48.9 Å². The Morgan fingerprint density at radius 3 is 2.57 bits per heavy atom. The molecule has 0 saturated heterocycles. The van der Waals surface area contributed by atoms with E-state index in [1.165, 1.54) is 0 Å². The summed E-state index contributed by atoms with van der Waals surface area (Å²) in [6.45, 7) is 6.76. The molecule has 0 N–H and O–H groups in total. The van der Waals surface area contributed by atoms with Crippen molar-refractivity contribution in [1.82, 2.24) is 14.5 Å². The number of anilines is 1. The quantitative estimate of drug-likeness (QED) is 0.505. The number of fused-ring (bicyclic) bond motifs is 1. The Bertz CT molecular complexity index is 1290. The molecule has 0 bridgehead atoms. The molecule has 150 valence electrons. The highest BCUT2D eigenvalue weighted by Crippen LogP contribution is 2.23. The van der Waals surface area contributed by atoms with E-state index in [1.54, 1.807) is 6.20 Å². The van der Waals surface area contributed by atoms with Gasteiger partial charge in [0.15, 0.2) is 5.43 Å². The Morgan fingerprint density at radius 2 is 1.87 bits per heavy atom. The molecule has 0 aliphatic carbocycles. The van der Waals surface area contributed by atoms with Crippen LogP contribution in [0.15, 0.2) is 78.4 Å². The van der Waals surface area contributed by atoms with E-state index in [1.807, 2.05) is 86.7 Å². The summed E-state index contributed by atoms with van der Waals surface area (Å²) in [7, 11) is 3.89. The minimum Gasteiger partial charge on any atom is -0.363 e. The molecule has 0 aliphatic heterocycles. The SMILES string of the molecule is C=C(c1ccc(N(C)C)nc1)c1cn(Cc2cccc(C)n2)c2ccccc2c1=O. The number of nitrogens with zero attached hydrogens (tertiary/aromatic N) is 4. The van der Waals surface area contributed by atoms with Gasteiger partial charge in [-0.25, -0.2) is 4.98 Å². The summed E-state index contributed by atoms with van der Waals surface area (Å²) < 4.78 is 2.07. The third-order valence-electron chi connectivity index (χ3n) is 5.15. The maximum Gasteiger partial charge on any atom is 0.197 e. The van der Waals surface area contributed by atoms with Crippen molar-refractivity contribution in [3.05, 3.63) is 106 Å². The molecule has 0 spiro atoms. The molecule has 5 heteroatoms. The standard InChI is InChI=1S/C25H24N4O/c1-17-8-7-9-20(27-17)15-29-16-22(25(30)21-10-5-6-11-23(21)29)18(2)19-12-13-24(26-14-19)28(3)4/h5-14,16H,2,15H2,1,3-4H3. The van der Waals surface area contributed by atoms with E-state index in [4.69, 9.17) is 0 Å². The highest BCUT2D eigenvalue weighted by Gasteiger charge is 2.14. The van der Waals surface area contributed by atoms with E-state index < -0.39 is 0 Å². The van der Waals surface area contributed by atoms with E-state index in [2.05, 4.69) is 21.1 Å². The van der Waals surface area contributed by atoms with E-state index >= 15 is 0 Å². The molecule has 0 unspecified atom stereocenters. The fraction of sp³-hybridized carbons (Fsp3) is 0.160. The summed E-state index contributed by atoms with van der Waals surface area (Å²) in [6.07, 6.45) is 3.65. The fourth-order valence-electron chi connectivity index (χ4n) is 3.54. The summed E-state index contributed by atoms with van der Waals surface area (Å²) in [5.41, 5.74) is 4.82. The number of benzene rings is 1. The predicted molar refractivity (Wildman–Crippen MR) is 123 cm³/mol. The summed E-state index contributed by atoms with van der Waals surface area (Å²) in [5, 5.41) is 0.668. The van der Waals surface area contributed by atoms with Gasteiger partial charge in [-0.15, -0.1) is 0 Å². The lowest BCUT2D eigenvalue weighted by Crippen LogP contribution is -2.16. The van der Waals surface area contributed by atoms with Crippen molar-refractivity contribution in [3.8, 4) is 0 Å². The Morgan fingerprint density at radius 1 is 1.07 bits per heavy atom. The van der Waals surface area contributed by atoms with Gasteiger partial charge >= 0.3 is 0 Å². The van der Waals surface area contributed by atoms with Crippen LogP contribution in [-0.2, 0) is 6.54 Å². The van der Waals surface area contributed by atoms with Crippen LogP contribution >= 0.6 is 0 Å². The Labute approximate surface area is 176 Å². The fourth-order valence-corrected chi connectivity index (χ4v) is 3.54. The van der Waals surface area contributed by atoms with Crippen molar-refractivity contribution in [1.29, 1.82) is 0 Å². The minimum atomic E-state index is -0.0271. The highest BCUT2D eigenvalue weighted by atomic mass is 16.1.